The molecular weight excluding hydrogens is 508 g/mol. The monoisotopic (exact) mass is 583 g/mol. The Balaban J connectivity index is 3.28. The van der Waals surface area contributed by atoms with Gasteiger partial charge in [0.15, 0.2) is 0 Å². The van der Waals surface area contributed by atoms with Crippen LogP contribution in [0.5, 0.6) is 0 Å². The van der Waals surface area contributed by atoms with E-state index in [0.29, 0.717) is 18.3 Å². The first kappa shape index (κ1) is 39.8. The van der Waals surface area contributed by atoms with E-state index in [1.807, 2.05) is 0 Å². The number of carbonyl (C=O) groups is 1. The molecule has 0 aliphatic carbocycles. The van der Waals surface area contributed by atoms with Crippen LogP contribution in [0.15, 0.2) is 0 Å². The summed E-state index contributed by atoms with van der Waals surface area (Å²) < 4.78 is 5.45. The Bertz CT molecular complexity index is 504. The van der Waals surface area contributed by atoms with Crippen LogP contribution in [-0.2, 0) is 9.53 Å². The Morgan fingerprint density at radius 2 is 0.750 bits per heavy atom. The zero-order valence-corrected chi connectivity index (χ0v) is 28.9. The van der Waals surface area contributed by atoms with Crippen molar-refractivity contribution in [3.63, 3.8) is 0 Å². The van der Waals surface area contributed by atoms with Gasteiger partial charge in [-0.2, -0.15) is 12.6 Å². The predicted molar refractivity (Wildman–Crippen MR) is 183 cm³/mol. The zero-order valence-electron chi connectivity index (χ0n) is 28.0. The van der Waals surface area contributed by atoms with E-state index < -0.39 is 0 Å². The number of hydrogen-bond donors (Lipinski definition) is 1. The van der Waals surface area contributed by atoms with Gasteiger partial charge in [0.2, 0.25) is 0 Å². The second kappa shape index (κ2) is 31.7. The molecule has 0 aromatic heterocycles. The van der Waals surface area contributed by atoms with Gasteiger partial charge in [0, 0.05) is 11.7 Å². The van der Waals surface area contributed by atoms with Crippen molar-refractivity contribution in [2.75, 3.05) is 6.61 Å². The number of carbonyl (C=O) groups excluding carboxylic acids is 1. The fourth-order valence-electron chi connectivity index (χ4n) is 5.65. The molecule has 0 aromatic carbocycles. The summed E-state index contributed by atoms with van der Waals surface area (Å²) in [5.41, 5.74) is 0. The molecule has 0 aliphatic heterocycles. The maximum absolute atomic E-state index is 12.0. The van der Waals surface area contributed by atoms with Crippen molar-refractivity contribution in [1.29, 1.82) is 0 Å². The van der Waals surface area contributed by atoms with Gasteiger partial charge in [0.25, 0.3) is 0 Å². The van der Waals surface area contributed by atoms with Gasteiger partial charge in [0.05, 0.1) is 6.61 Å². The van der Waals surface area contributed by atoms with Crippen molar-refractivity contribution in [3.8, 4) is 0 Å². The molecule has 0 aromatic rings. The highest BCUT2D eigenvalue weighted by Crippen LogP contribution is 2.18. The van der Waals surface area contributed by atoms with Gasteiger partial charge < -0.3 is 4.74 Å². The molecule has 0 saturated heterocycles. The van der Waals surface area contributed by atoms with E-state index in [1.165, 1.54) is 154 Å². The van der Waals surface area contributed by atoms with Gasteiger partial charge in [-0.25, -0.2) is 0 Å². The van der Waals surface area contributed by atoms with Crippen LogP contribution in [0.2, 0.25) is 0 Å². The number of esters is 1. The van der Waals surface area contributed by atoms with Crippen molar-refractivity contribution in [3.05, 3.63) is 0 Å². The number of unbranched alkanes of at least 4 members (excludes halogenated alkanes) is 20. The average molecular weight is 583 g/mol. The largest absolute Gasteiger partial charge is 0.466 e. The summed E-state index contributed by atoms with van der Waals surface area (Å²) in [5, 5.41) is 0.438. The number of hydrogen-bond acceptors (Lipinski definition) is 3. The topological polar surface area (TPSA) is 26.3 Å². The van der Waals surface area contributed by atoms with Crippen molar-refractivity contribution in [2.24, 2.45) is 11.8 Å². The molecule has 0 rings (SSSR count). The lowest BCUT2D eigenvalue weighted by Gasteiger charge is -2.10. The summed E-state index contributed by atoms with van der Waals surface area (Å²) in [6.07, 6.45) is 36.6. The van der Waals surface area contributed by atoms with Gasteiger partial charge in [-0.05, 0) is 37.5 Å². The molecule has 0 heterocycles. The van der Waals surface area contributed by atoms with Crippen LogP contribution >= 0.6 is 12.6 Å². The third kappa shape index (κ3) is 34.0. The summed E-state index contributed by atoms with van der Waals surface area (Å²) in [6, 6.07) is 0. The highest BCUT2D eigenvalue weighted by atomic mass is 32.1. The van der Waals surface area contributed by atoms with Gasteiger partial charge in [0.1, 0.15) is 0 Å². The maximum atomic E-state index is 12.0. The van der Waals surface area contributed by atoms with Crippen molar-refractivity contribution in [2.45, 2.75) is 213 Å². The van der Waals surface area contributed by atoms with Crippen LogP contribution < -0.4 is 0 Å². The average Bonchev–Trinajstić information content (AvgIpc) is 2.91. The van der Waals surface area contributed by atoms with E-state index in [1.54, 1.807) is 0 Å². The molecule has 0 bridgehead atoms. The predicted octanol–water partition coefficient (Wildman–Crippen LogP) is 13.1. The number of ether oxygens (including phenoxy) is 1. The van der Waals surface area contributed by atoms with Crippen LogP contribution in [0.3, 0.4) is 0 Å². The zero-order chi connectivity index (χ0) is 29.5. The summed E-state index contributed by atoms with van der Waals surface area (Å²) in [6.45, 7) is 9.92. The third-order valence-electron chi connectivity index (χ3n) is 8.43. The van der Waals surface area contributed by atoms with Crippen LogP contribution in [0.4, 0.5) is 0 Å². The molecule has 0 radical (unpaired) electrons. The van der Waals surface area contributed by atoms with Crippen molar-refractivity contribution < 1.29 is 9.53 Å². The highest BCUT2D eigenvalue weighted by Gasteiger charge is 2.07. The number of rotatable bonds is 32. The molecule has 0 aliphatic rings. The molecule has 240 valence electrons. The lowest BCUT2D eigenvalue weighted by molar-refractivity contribution is -0.143. The Labute approximate surface area is 258 Å². The first-order valence-corrected chi connectivity index (χ1v) is 18.8. The van der Waals surface area contributed by atoms with Crippen LogP contribution in [0.1, 0.15) is 207 Å². The lowest BCUT2D eigenvalue weighted by atomic mass is 10.0. The normalized spacial score (nSPS) is 12.5. The highest BCUT2D eigenvalue weighted by molar-refractivity contribution is 7.80. The molecule has 3 heteroatoms. The summed E-state index contributed by atoms with van der Waals surface area (Å²) in [5.74, 6) is 1.72. The van der Waals surface area contributed by atoms with E-state index in [-0.39, 0.29) is 5.97 Å². The summed E-state index contributed by atoms with van der Waals surface area (Å²) in [4.78, 5) is 12.0. The van der Waals surface area contributed by atoms with E-state index in [4.69, 9.17) is 17.4 Å². The van der Waals surface area contributed by atoms with Crippen LogP contribution in [0, 0.1) is 11.8 Å². The molecular formula is C37H74O2S. The summed E-state index contributed by atoms with van der Waals surface area (Å²) >= 11 is 4.76. The quantitative estimate of drug-likeness (QED) is 0.0485. The van der Waals surface area contributed by atoms with Gasteiger partial charge >= 0.3 is 5.97 Å². The second-order valence-electron chi connectivity index (χ2n) is 13.7. The SMILES string of the molecule is CC(C)CCCCCCCCCCCCCOC(=O)CCCC(S)CCCCCCCCCCCCCC(C)C. The molecule has 40 heavy (non-hydrogen) atoms. The van der Waals surface area contributed by atoms with Gasteiger partial charge in [-0.15, -0.1) is 0 Å². The van der Waals surface area contributed by atoms with Crippen molar-refractivity contribution in [1.82, 2.24) is 0 Å². The molecule has 2 nitrogen and oxygen atoms in total. The molecule has 1 unspecified atom stereocenters. The molecule has 0 saturated carbocycles. The minimum absolute atomic E-state index is 0.00974. The molecule has 0 N–H and O–H groups in total. The van der Waals surface area contributed by atoms with E-state index >= 15 is 0 Å². The van der Waals surface area contributed by atoms with Crippen molar-refractivity contribution >= 4 is 18.6 Å². The molecule has 1 atom stereocenters. The Kier molecular flexibility index (Phi) is 31.6. The fourth-order valence-corrected chi connectivity index (χ4v) is 6.02. The summed E-state index contributed by atoms with van der Waals surface area (Å²) in [7, 11) is 0. The Morgan fingerprint density at radius 3 is 1.12 bits per heavy atom. The first-order chi connectivity index (χ1) is 19.4. The number of thiol groups is 1. The van der Waals surface area contributed by atoms with Gasteiger partial charge in [-0.1, -0.05) is 175 Å². The Hall–Kier alpha value is -0.180. The first-order valence-electron chi connectivity index (χ1n) is 18.3. The van der Waals surface area contributed by atoms with Gasteiger partial charge in [-0.3, -0.25) is 4.79 Å². The smallest absolute Gasteiger partial charge is 0.305 e. The molecule has 0 spiro atoms. The minimum Gasteiger partial charge on any atom is -0.466 e. The molecule has 0 fully saturated rings. The van der Waals surface area contributed by atoms with Crippen LogP contribution in [0.25, 0.3) is 0 Å². The standard InChI is InChI=1S/C37H74O2S/c1-34(2)28-23-19-15-11-7-5-9-13-17-21-25-30-36(40)31-27-32-37(38)39-33-26-22-18-14-10-6-8-12-16-20-24-29-35(3)4/h34-36,40H,5-33H2,1-4H3. The maximum Gasteiger partial charge on any atom is 0.305 e. The fraction of sp³-hybridized carbons (Fsp3) is 0.973. The lowest BCUT2D eigenvalue weighted by Crippen LogP contribution is -2.07. The minimum atomic E-state index is -0.00974. The van der Waals surface area contributed by atoms with E-state index in [9.17, 15) is 4.79 Å². The second-order valence-corrected chi connectivity index (χ2v) is 14.4. The third-order valence-corrected chi connectivity index (χ3v) is 8.94. The van der Waals surface area contributed by atoms with Crippen LogP contribution in [-0.4, -0.2) is 17.8 Å². The van der Waals surface area contributed by atoms with E-state index in [2.05, 4.69) is 27.7 Å². The Morgan fingerprint density at radius 1 is 0.450 bits per heavy atom. The van der Waals surface area contributed by atoms with E-state index in [0.717, 1.165) is 31.1 Å². The molecule has 0 amide bonds.